The highest BCUT2D eigenvalue weighted by Gasteiger charge is 2.12. The summed E-state index contributed by atoms with van der Waals surface area (Å²) in [4.78, 5) is 16.0. The Morgan fingerprint density at radius 2 is 2.14 bits per heavy atom. The summed E-state index contributed by atoms with van der Waals surface area (Å²) in [5.41, 5.74) is 0.891. The van der Waals surface area contributed by atoms with Crippen LogP contribution in [0, 0.1) is 5.82 Å². The Labute approximate surface area is 125 Å². The molecule has 0 saturated heterocycles. The largest absolute Gasteiger partial charge is 0.288 e. The molecule has 0 unspecified atom stereocenters. The minimum atomic E-state index is -0.358. The normalized spacial score (nSPS) is 10.6. The molecule has 8 heteroatoms. The molecule has 1 amide bonds. The van der Waals surface area contributed by atoms with Crippen molar-refractivity contribution in [2.24, 2.45) is 7.05 Å². The van der Waals surface area contributed by atoms with Crippen molar-refractivity contribution in [1.29, 1.82) is 0 Å². The third kappa shape index (κ3) is 2.85. The zero-order chi connectivity index (χ0) is 15.5. The first-order valence-corrected chi connectivity index (χ1v) is 6.55. The van der Waals surface area contributed by atoms with Gasteiger partial charge >= 0.3 is 0 Å². The number of carbonyl (C=O) groups excluding carboxylic acids is 1. The standard InChI is InChI=1S/C14H13FN6O/c1-20-12(6-7-17-20)13(22)18-14-16-9-21(19-14)8-10-4-2-3-5-11(10)15/h2-7,9H,8H2,1H3,(H,18,19,22). The number of hydrogen-bond acceptors (Lipinski definition) is 4. The molecule has 0 aliphatic carbocycles. The molecule has 22 heavy (non-hydrogen) atoms. The van der Waals surface area contributed by atoms with Crippen LogP contribution in [0.2, 0.25) is 0 Å². The molecule has 3 aromatic rings. The lowest BCUT2D eigenvalue weighted by Gasteiger charge is -2.03. The quantitative estimate of drug-likeness (QED) is 0.791. The van der Waals surface area contributed by atoms with Gasteiger partial charge < -0.3 is 0 Å². The van der Waals surface area contributed by atoms with Crippen LogP contribution in [0.4, 0.5) is 10.3 Å². The topological polar surface area (TPSA) is 77.6 Å². The third-order valence-electron chi connectivity index (χ3n) is 3.11. The highest BCUT2D eigenvalue weighted by Crippen LogP contribution is 2.09. The Hall–Kier alpha value is -3.03. The van der Waals surface area contributed by atoms with Crippen molar-refractivity contribution >= 4 is 11.9 Å². The average molecular weight is 300 g/mol. The number of nitrogens with one attached hydrogen (secondary N) is 1. The number of carbonyl (C=O) groups is 1. The summed E-state index contributed by atoms with van der Waals surface area (Å²) in [6, 6.07) is 8.02. The van der Waals surface area contributed by atoms with Crippen LogP contribution in [0.15, 0.2) is 42.9 Å². The van der Waals surface area contributed by atoms with Crippen LogP contribution < -0.4 is 5.32 Å². The lowest BCUT2D eigenvalue weighted by atomic mass is 10.2. The van der Waals surface area contributed by atoms with E-state index in [4.69, 9.17) is 0 Å². The van der Waals surface area contributed by atoms with Gasteiger partial charge in [-0.2, -0.15) is 5.10 Å². The summed E-state index contributed by atoms with van der Waals surface area (Å²) >= 11 is 0. The number of hydrogen-bond donors (Lipinski definition) is 1. The van der Waals surface area contributed by atoms with Crippen LogP contribution in [0.3, 0.4) is 0 Å². The molecule has 0 radical (unpaired) electrons. The highest BCUT2D eigenvalue weighted by atomic mass is 19.1. The van der Waals surface area contributed by atoms with Crippen LogP contribution >= 0.6 is 0 Å². The van der Waals surface area contributed by atoms with Gasteiger partial charge in [-0.25, -0.2) is 14.1 Å². The minimum absolute atomic E-state index is 0.155. The summed E-state index contributed by atoms with van der Waals surface area (Å²) in [5, 5.41) is 10.6. The van der Waals surface area contributed by atoms with Crippen molar-refractivity contribution in [3.8, 4) is 0 Å². The highest BCUT2D eigenvalue weighted by molar-refractivity contribution is 6.01. The summed E-state index contributed by atoms with van der Waals surface area (Å²) in [6.07, 6.45) is 2.96. The second-order valence-corrected chi connectivity index (χ2v) is 4.65. The van der Waals surface area contributed by atoms with Gasteiger partial charge in [-0.1, -0.05) is 18.2 Å². The van der Waals surface area contributed by atoms with Gasteiger partial charge in [0.2, 0.25) is 5.95 Å². The first-order chi connectivity index (χ1) is 10.6. The van der Waals surface area contributed by atoms with Crippen LogP contribution in [-0.2, 0) is 13.6 Å². The molecule has 3 rings (SSSR count). The monoisotopic (exact) mass is 300 g/mol. The molecule has 0 aliphatic rings. The molecule has 0 fully saturated rings. The molecule has 0 spiro atoms. The van der Waals surface area contributed by atoms with Crippen molar-refractivity contribution in [3.05, 3.63) is 59.9 Å². The molecule has 1 aromatic carbocycles. The van der Waals surface area contributed by atoms with Gasteiger partial charge in [0, 0.05) is 18.8 Å². The maximum atomic E-state index is 13.6. The number of amides is 1. The van der Waals surface area contributed by atoms with E-state index >= 15 is 0 Å². The van der Waals surface area contributed by atoms with Gasteiger partial charge in [-0.05, 0) is 12.1 Å². The first-order valence-electron chi connectivity index (χ1n) is 6.55. The maximum absolute atomic E-state index is 13.6. The van der Waals surface area contributed by atoms with E-state index < -0.39 is 0 Å². The van der Waals surface area contributed by atoms with E-state index in [1.807, 2.05) is 0 Å². The lowest BCUT2D eigenvalue weighted by molar-refractivity contribution is 0.101. The van der Waals surface area contributed by atoms with Gasteiger partial charge in [0.25, 0.3) is 5.91 Å². The Balaban J connectivity index is 1.70. The average Bonchev–Trinajstić information content (AvgIpc) is 3.10. The Kier molecular flexibility index (Phi) is 3.65. The van der Waals surface area contributed by atoms with Crippen molar-refractivity contribution in [2.45, 2.75) is 6.54 Å². The predicted octanol–water partition coefficient (Wildman–Crippen LogP) is 1.45. The number of anilines is 1. The SMILES string of the molecule is Cn1nccc1C(=O)Nc1ncn(Cc2ccccc2F)n1. The van der Waals surface area contributed by atoms with Gasteiger partial charge in [0.05, 0.1) is 6.54 Å². The van der Waals surface area contributed by atoms with E-state index in [0.717, 1.165) is 0 Å². The van der Waals surface area contributed by atoms with E-state index in [2.05, 4.69) is 20.5 Å². The van der Waals surface area contributed by atoms with Gasteiger partial charge in [-0.15, -0.1) is 5.10 Å². The summed E-state index contributed by atoms with van der Waals surface area (Å²) in [7, 11) is 1.67. The molecular weight excluding hydrogens is 287 g/mol. The van der Waals surface area contributed by atoms with Crippen molar-refractivity contribution in [3.63, 3.8) is 0 Å². The summed E-state index contributed by atoms with van der Waals surface area (Å²) in [5.74, 6) is -0.510. The smallest absolute Gasteiger partial charge is 0.276 e. The van der Waals surface area contributed by atoms with Crippen molar-refractivity contribution in [2.75, 3.05) is 5.32 Å². The molecule has 7 nitrogen and oxygen atoms in total. The zero-order valence-electron chi connectivity index (χ0n) is 11.8. The summed E-state index contributed by atoms with van der Waals surface area (Å²) in [6.45, 7) is 0.237. The Morgan fingerprint density at radius 1 is 1.32 bits per heavy atom. The molecule has 1 N–H and O–H groups in total. The molecule has 0 aliphatic heterocycles. The third-order valence-corrected chi connectivity index (χ3v) is 3.11. The molecule has 2 heterocycles. The van der Waals surface area contributed by atoms with E-state index in [1.54, 1.807) is 31.3 Å². The van der Waals surface area contributed by atoms with E-state index in [1.165, 1.54) is 28.0 Å². The number of rotatable bonds is 4. The van der Waals surface area contributed by atoms with Crippen LogP contribution in [0.25, 0.3) is 0 Å². The number of aryl methyl sites for hydroxylation is 1. The molecule has 112 valence electrons. The minimum Gasteiger partial charge on any atom is -0.288 e. The maximum Gasteiger partial charge on any atom is 0.276 e. The first kappa shape index (κ1) is 13.9. The van der Waals surface area contributed by atoms with Gasteiger partial charge in [0.15, 0.2) is 0 Å². The second-order valence-electron chi connectivity index (χ2n) is 4.65. The molecule has 2 aromatic heterocycles. The fraction of sp³-hybridized carbons (Fsp3) is 0.143. The number of halogens is 1. The Morgan fingerprint density at radius 3 is 2.86 bits per heavy atom. The van der Waals surface area contributed by atoms with Gasteiger partial charge in [0.1, 0.15) is 17.8 Å². The molecule has 0 bridgehead atoms. The van der Waals surface area contributed by atoms with Crippen molar-refractivity contribution < 1.29 is 9.18 Å². The number of aromatic nitrogens is 5. The molecule has 0 atom stereocenters. The number of benzene rings is 1. The summed E-state index contributed by atoms with van der Waals surface area (Å²) < 4.78 is 16.5. The fourth-order valence-electron chi connectivity index (χ4n) is 1.99. The fourth-order valence-corrected chi connectivity index (χ4v) is 1.99. The van der Waals surface area contributed by atoms with E-state index in [-0.39, 0.29) is 24.2 Å². The van der Waals surface area contributed by atoms with Crippen LogP contribution in [0.1, 0.15) is 16.1 Å². The molecular formula is C14H13FN6O. The lowest BCUT2D eigenvalue weighted by Crippen LogP contribution is -2.17. The van der Waals surface area contributed by atoms with Gasteiger partial charge in [-0.3, -0.25) is 14.8 Å². The predicted molar refractivity (Wildman–Crippen MR) is 76.7 cm³/mol. The zero-order valence-corrected chi connectivity index (χ0v) is 11.8. The second kappa shape index (κ2) is 5.76. The van der Waals surface area contributed by atoms with Crippen LogP contribution in [0.5, 0.6) is 0 Å². The van der Waals surface area contributed by atoms with Crippen molar-refractivity contribution in [1.82, 2.24) is 24.5 Å². The Bertz CT molecular complexity index is 809. The van der Waals surface area contributed by atoms with Crippen LogP contribution in [-0.4, -0.2) is 30.5 Å². The molecule has 0 saturated carbocycles. The van der Waals surface area contributed by atoms with E-state index in [9.17, 15) is 9.18 Å². The number of nitrogens with zero attached hydrogens (tertiary/aromatic N) is 5. The van der Waals surface area contributed by atoms with E-state index in [0.29, 0.717) is 11.3 Å².